The van der Waals surface area contributed by atoms with Gasteiger partial charge in [0.15, 0.2) is 0 Å². The number of hydrogen-bond acceptors (Lipinski definition) is 5. The first-order valence-corrected chi connectivity index (χ1v) is 8.75. The van der Waals surface area contributed by atoms with E-state index in [1.54, 1.807) is 29.1 Å². The first-order valence-electron chi connectivity index (χ1n) is 8.22. The summed E-state index contributed by atoms with van der Waals surface area (Å²) < 4.78 is 12.2. The normalized spacial score (nSPS) is 11.6. The summed E-state index contributed by atoms with van der Waals surface area (Å²) in [5.74, 6) is 0.875. The van der Waals surface area contributed by atoms with Crippen molar-refractivity contribution in [3.05, 3.63) is 60.3 Å². The average Bonchev–Trinajstić information content (AvgIpc) is 3.17. The topological polar surface area (TPSA) is 65.8 Å². The van der Waals surface area contributed by atoms with Gasteiger partial charge in [-0.2, -0.15) is 5.06 Å². The third kappa shape index (κ3) is 5.35. The van der Waals surface area contributed by atoms with Gasteiger partial charge in [0.2, 0.25) is 5.88 Å². The fraction of sp³-hybridized carbons (Fsp3) is 0.263. The van der Waals surface area contributed by atoms with E-state index in [9.17, 15) is 4.79 Å². The van der Waals surface area contributed by atoms with Crippen molar-refractivity contribution >= 4 is 29.1 Å². The molecule has 0 saturated carbocycles. The van der Waals surface area contributed by atoms with Crippen LogP contribution < -0.4 is 9.80 Å². The number of hydrogen-bond donors (Lipinski definition) is 0. The number of methoxy groups -OCH3 is 1. The molecule has 0 radical (unpaired) electrons. The first-order chi connectivity index (χ1) is 13.1. The summed E-state index contributed by atoms with van der Waals surface area (Å²) >= 11 is 5.68. The molecule has 27 heavy (non-hydrogen) atoms. The molecule has 1 aromatic heterocycles. The zero-order chi connectivity index (χ0) is 19.6. The molecular weight excluding hydrogens is 370 g/mol. The van der Waals surface area contributed by atoms with Crippen molar-refractivity contribution in [2.24, 2.45) is 0 Å². The smallest absolute Gasteiger partial charge is 0.438 e. The van der Waals surface area contributed by atoms with Gasteiger partial charge < -0.3 is 9.47 Å². The Labute approximate surface area is 163 Å². The lowest BCUT2D eigenvalue weighted by Crippen LogP contribution is -2.30. The summed E-state index contributed by atoms with van der Waals surface area (Å²) in [4.78, 5) is 17.0. The van der Waals surface area contributed by atoms with Crippen LogP contribution in [0.5, 0.6) is 5.88 Å². The van der Waals surface area contributed by atoms with Gasteiger partial charge in [0.25, 0.3) is 0 Å². The van der Waals surface area contributed by atoms with Gasteiger partial charge in [0.1, 0.15) is 6.61 Å². The third-order valence-electron chi connectivity index (χ3n) is 3.61. The largest absolute Gasteiger partial charge is 0.472 e. The van der Waals surface area contributed by atoms with Crippen LogP contribution in [0.2, 0.25) is 0 Å². The van der Waals surface area contributed by atoms with E-state index in [1.165, 1.54) is 14.2 Å². The Balaban J connectivity index is 2.14. The fourth-order valence-corrected chi connectivity index (χ4v) is 2.42. The van der Waals surface area contributed by atoms with Crippen molar-refractivity contribution in [1.29, 1.82) is 0 Å². The van der Waals surface area contributed by atoms with Crippen molar-refractivity contribution in [1.82, 2.24) is 9.78 Å². The number of hydroxylamine groups is 1. The van der Waals surface area contributed by atoms with Crippen LogP contribution in [0.25, 0.3) is 5.70 Å². The second-order valence-corrected chi connectivity index (χ2v) is 5.54. The molecule has 0 atom stereocenters. The van der Waals surface area contributed by atoms with Crippen molar-refractivity contribution in [3.63, 3.8) is 0 Å². The first kappa shape index (κ1) is 20.5. The number of carbonyl (C=O) groups is 1. The molecule has 1 aromatic carbocycles. The zero-order valence-corrected chi connectivity index (χ0v) is 16.2. The Morgan fingerprint density at radius 2 is 2.07 bits per heavy atom. The second kappa shape index (κ2) is 10.4. The van der Waals surface area contributed by atoms with E-state index >= 15 is 0 Å². The van der Waals surface area contributed by atoms with E-state index in [1.807, 2.05) is 37.3 Å². The molecule has 7 nitrogen and oxygen atoms in total. The third-order valence-corrected chi connectivity index (χ3v) is 3.79. The summed E-state index contributed by atoms with van der Waals surface area (Å²) in [6, 6.07) is 8.98. The minimum atomic E-state index is -0.627. The number of para-hydroxylation sites is 1. The molecule has 0 bridgehead atoms. The van der Waals surface area contributed by atoms with E-state index in [0.29, 0.717) is 17.4 Å². The van der Waals surface area contributed by atoms with E-state index in [0.717, 1.165) is 16.3 Å². The van der Waals surface area contributed by atoms with Gasteiger partial charge in [0, 0.05) is 23.7 Å². The highest BCUT2D eigenvalue weighted by molar-refractivity contribution is 6.19. The predicted octanol–water partition coefficient (Wildman–Crippen LogP) is 4.25. The number of nitrogens with zero attached hydrogens (tertiary/aromatic N) is 3. The summed E-state index contributed by atoms with van der Waals surface area (Å²) in [5, 5.41) is 5.45. The van der Waals surface area contributed by atoms with Crippen molar-refractivity contribution in [3.8, 4) is 5.88 Å². The molecule has 0 aliphatic heterocycles. The molecule has 8 heteroatoms. The van der Waals surface area contributed by atoms with Gasteiger partial charge >= 0.3 is 6.09 Å². The van der Waals surface area contributed by atoms with Gasteiger partial charge in [0.05, 0.1) is 25.6 Å². The lowest BCUT2D eigenvalue weighted by Gasteiger charge is -2.20. The lowest BCUT2D eigenvalue weighted by molar-refractivity contribution is 0.115. The Hall–Kier alpha value is -2.77. The number of ether oxygens (including phenoxy) is 2. The van der Waals surface area contributed by atoms with Gasteiger partial charge in [-0.15, -0.1) is 16.7 Å². The Morgan fingerprint density at radius 1 is 1.30 bits per heavy atom. The van der Waals surface area contributed by atoms with Crippen LogP contribution >= 0.6 is 11.6 Å². The standard InChI is InChI=1S/C19H22ClN3O4/c1-4-16(9-7-12-20)22-13-11-18(21-22)27-14-15-8-5-6-10-17(15)23(26-3)19(24)25-2/h4-11,13H,12,14H2,1-3H3/b9-7-,16-4+. The monoisotopic (exact) mass is 391 g/mol. The van der Waals surface area contributed by atoms with Crippen LogP contribution in [0.4, 0.5) is 10.5 Å². The highest BCUT2D eigenvalue weighted by Crippen LogP contribution is 2.23. The zero-order valence-electron chi connectivity index (χ0n) is 15.5. The molecule has 1 heterocycles. The summed E-state index contributed by atoms with van der Waals surface area (Å²) in [7, 11) is 2.68. The van der Waals surface area contributed by atoms with Gasteiger partial charge in [-0.3, -0.25) is 4.84 Å². The Morgan fingerprint density at radius 3 is 2.74 bits per heavy atom. The number of halogens is 1. The number of allylic oxidation sites excluding steroid dienone is 4. The molecule has 0 N–H and O–H groups in total. The van der Waals surface area contributed by atoms with Crippen LogP contribution in [0, 0.1) is 0 Å². The number of alkyl halides is 1. The molecule has 0 unspecified atom stereocenters. The van der Waals surface area contributed by atoms with Gasteiger partial charge in [-0.25, -0.2) is 9.48 Å². The van der Waals surface area contributed by atoms with Crippen LogP contribution in [0.15, 0.2) is 54.8 Å². The number of carbonyl (C=O) groups excluding carboxylic acids is 1. The molecule has 2 rings (SSSR count). The average molecular weight is 392 g/mol. The van der Waals surface area contributed by atoms with Crippen LogP contribution in [0.1, 0.15) is 12.5 Å². The van der Waals surface area contributed by atoms with E-state index in [2.05, 4.69) is 5.10 Å². The SMILES string of the molecule is C/C=C(\C=C/CCl)n1ccc(OCc2ccccc2N(OC)C(=O)OC)n1. The number of amides is 1. The maximum Gasteiger partial charge on any atom is 0.438 e. The van der Waals surface area contributed by atoms with Crippen LogP contribution in [0.3, 0.4) is 0 Å². The quantitative estimate of drug-likeness (QED) is 0.382. The summed E-state index contributed by atoms with van der Waals surface area (Å²) in [6.45, 7) is 2.12. The fourth-order valence-electron chi connectivity index (χ4n) is 2.33. The molecule has 0 aliphatic rings. The maximum absolute atomic E-state index is 11.9. The van der Waals surface area contributed by atoms with Gasteiger partial charge in [-0.05, 0) is 19.1 Å². The minimum absolute atomic E-state index is 0.201. The molecule has 2 aromatic rings. The van der Waals surface area contributed by atoms with E-state index in [4.69, 9.17) is 25.9 Å². The van der Waals surface area contributed by atoms with E-state index < -0.39 is 6.09 Å². The number of benzene rings is 1. The maximum atomic E-state index is 11.9. The van der Waals surface area contributed by atoms with Crippen LogP contribution in [-0.2, 0) is 16.2 Å². The van der Waals surface area contributed by atoms with Crippen molar-refractivity contribution in [2.75, 3.05) is 25.2 Å². The predicted molar refractivity (Wildman–Crippen MR) is 105 cm³/mol. The number of rotatable bonds is 8. The summed E-state index contributed by atoms with van der Waals surface area (Å²) in [5.41, 5.74) is 2.15. The highest BCUT2D eigenvalue weighted by atomic mass is 35.5. The molecule has 0 saturated heterocycles. The van der Waals surface area contributed by atoms with Crippen LogP contribution in [-0.4, -0.2) is 36.0 Å². The van der Waals surface area contributed by atoms with E-state index in [-0.39, 0.29) is 6.61 Å². The molecule has 1 amide bonds. The summed E-state index contributed by atoms with van der Waals surface area (Å²) in [6.07, 6.45) is 6.80. The molecule has 0 spiro atoms. The van der Waals surface area contributed by atoms with Gasteiger partial charge in [-0.1, -0.05) is 30.4 Å². The molecule has 0 aliphatic carbocycles. The number of aromatic nitrogens is 2. The lowest BCUT2D eigenvalue weighted by atomic mass is 10.2. The molecular formula is C19H22ClN3O4. The minimum Gasteiger partial charge on any atom is -0.472 e. The highest BCUT2D eigenvalue weighted by Gasteiger charge is 2.19. The Bertz CT molecular complexity index is 817. The van der Waals surface area contributed by atoms with Crippen molar-refractivity contribution in [2.45, 2.75) is 13.5 Å². The second-order valence-electron chi connectivity index (χ2n) is 5.23. The molecule has 0 fully saturated rings. The number of anilines is 1. The molecule has 144 valence electrons. The Kier molecular flexibility index (Phi) is 7.91. The van der Waals surface area contributed by atoms with Crippen molar-refractivity contribution < 1.29 is 19.1 Å².